The molecule has 0 N–H and O–H groups in total. The van der Waals surface area contributed by atoms with Crippen LogP contribution in [0, 0.1) is 6.92 Å². The van der Waals surface area contributed by atoms with Gasteiger partial charge in [-0.1, -0.05) is 35.3 Å². The molecule has 16 heavy (non-hydrogen) atoms. The third-order valence-electron chi connectivity index (χ3n) is 2.29. The van der Waals surface area contributed by atoms with Crippen molar-refractivity contribution in [2.45, 2.75) is 12.3 Å². The van der Waals surface area contributed by atoms with Crippen molar-refractivity contribution in [2.24, 2.45) is 0 Å². The lowest BCUT2D eigenvalue weighted by molar-refractivity contribution is 1.18. The van der Waals surface area contributed by atoms with Crippen molar-refractivity contribution < 1.29 is 0 Å². The summed E-state index contributed by atoms with van der Waals surface area (Å²) in [6, 6.07) is 9.58. The quantitative estimate of drug-likeness (QED) is 0.623. The molecule has 1 atom stereocenters. The molecule has 0 aliphatic rings. The Bertz CT molecular complexity index is 468. The van der Waals surface area contributed by atoms with Crippen LogP contribution in [0.4, 0.5) is 0 Å². The molecule has 84 valence electrons. The summed E-state index contributed by atoms with van der Waals surface area (Å²) < 4.78 is 0.801. The molecule has 1 heterocycles. The van der Waals surface area contributed by atoms with E-state index in [1.54, 1.807) is 0 Å². The molecule has 4 heteroatoms. The zero-order valence-electron chi connectivity index (χ0n) is 8.51. The first-order chi connectivity index (χ1) is 7.58. The second-order valence-electron chi connectivity index (χ2n) is 3.52. The van der Waals surface area contributed by atoms with E-state index in [1.165, 1.54) is 11.3 Å². The van der Waals surface area contributed by atoms with E-state index in [0.29, 0.717) is 5.02 Å². The van der Waals surface area contributed by atoms with Gasteiger partial charge in [-0.3, -0.25) is 0 Å². The maximum Gasteiger partial charge on any atom is 0.0960 e. The van der Waals surface area contributed by atoms with Crippen LogP contribution in [-0.4, -0.2) is 0 Å². The Morgan fingerprint density at radius 1 is 1.12 bits per heavy atom. The molecule has 0 bridgehead atoms. The number of benzene rings is 1. The molecule has 0 radical (unpaired) electrons. The second-order valence-corrected chi connectivity index (χ2v) is 6.08. The van der Waals surface area contributed by atoms with E-state index in [9.17, 15) is 0 Å². The van der Waals surface area contributed by atoms with Gasteiger partial charge in [0.25, 0.3) is 0 Å². The third-order valence-corrected chi connectivity index (χ3v) is 4.78. The predicted octanol–water partition coefficient (Wildman–Crippen LogP) is 5.69. The maximum atomic E-state index is 6.38. The highest BCUT2D eigenvalue weighted by atomic mass is 35.5. The van der Waals surface area contributed by atoms with Crippen LogP contribution in [0.2, 0.25) is 9.36 Å². The molecule has 0 aliphatic heterocycles. The summed E-state index contributed by atoms with van der Waals surface area (Å²) in [7, 11) is 0. The molecule has 0 nitrogen and oxygen atoms in total. The summed E-state index contributed by atoms with van der Waals surface area (Å²) in [4.78, 5) is 1.06. The Labute approximate surface area is 114 Å². The van der Waals surface area contributed by atoms with Crippen LogP contribution in [0.25, 0.3) is 0 Å². The first-order valence-corrected chi connectivity index (χ1v) is 6.74. The average Bonchev–Trinajstić information content (AvgIpc) is 2.59. The van der Waals surface area contributed by atoms with Crippen LogP contribution < -0.4 is 0 Å². The van der Waals surface area contributed by atoms with Gasteiger partial charge in [0.15, 0.2) is 0 Å². The molecule has 0 aliphatic carbocycles. The third kappa shape index (κ3) is 2.54. The molecule has 1 unspecified atom stereocenters. The largest absolute Gasteiger partial charge is 0.126 e. The Morgan fingerprint density at radius 3 is 2.25 bits per heavy atom. The van der Waals surface area contributed by atoms with Crippen molar-refractivity contribution in [2.75, 3.05) is 0 Å². The lowest BCUT2D eigenvalue weighted by Gasteiger charge is -2.07. The first kappa shape index (κ1) is 12.3. The molecule has 0 amide bonds. The fourth-order valence-corrected chi connectivity index (χ4v) is 3.10. The van der Waals surface area contributed by atoms with Gasteiger partial charge >= 0.3 is 0 Å². The van der Waals surface area contributed by atoms with Gasteiger partial charge in [0.05, 0.1) is 9.71 Å². The molecule has 1 aromatic heterocycles. The molecular weight excluding hydrogens is 283 g/mol. The molecule has 0 spiro atoms. The van der Waals surface area contributed by atoms with Gasteiger partial charge in [0, 0.05) is 9.90 Å². The topological polar surface area (TPSA) is 0 Å². The van der Waals surface area contributed by atoms with Gasteiger partial charge in [-0.25, -0.2) is 0 Å². The van der Waals surface area contributed by atoms with Gasteiger partial charge in [-0.2, -0.15) is 0 Å². The zero-order valence-corrected chi connectivity index (χ0v) is 11.6. The Balaban J connectivity index is 2.31. The number of halogens is 3. The van der Waals surface area contributed by atoms with Gasteiger partial charge in [0.1, 0.15) is 0 Å². The number of hydrogen-bond acceptors (Lipinski definition) is 1. The van der Waals surface area contributed by atoms with Gasteiger partial charge in [-0.15, -0.1) is 22.9 Å². The highest BCUT2D eigenvalue weighted by Crippen LogP contribution is 2.37. The minimum absolute atomic E-state index is 0.159. The Hall–Kier alpha value is -0.210. The van der Waals surface area contributed by atoms with Crippen molar-refractivity contribution in [1.82, 2.24) is 0 Å². The SMILES string of the molecule is Cc1cc(C(Cl)c2ccc(Cl)cc2)sc1Cl. The van der Waals surface area contributed by atoms with E-state index in [0.717, 1.165) is 20.3 Å². The van der Waals surface area contributed by atoms with Crippen LogP contribution in [0.1, 0.15) is 21.4 Å². The molecular formula is C12H9Cl3S. The number of thiophene rings is 1. The second kappa shape index (κ2) is 4.97. The summed E-state index contributed by atoms with van der Waals surface area (Å²) >= 11 is 19.8. The number of alkyl halides is 1. The zero-order chi connectivity index (χ0) is 11.7. The van der Waals surface area contributed by atoms with Crippen molar-refractivity contribution in [3.8, 4) is 0 Å². The number of rotatable bonds is 2. The normalized spacial score (nSPS) is 12.8. The fraction of sp³-hybridized carbons (Fsp3) is 0.167. The van der Waals surface area contributed by atoms with Crippen molar-refractivity contribution in [3.63, 3.8) is 0 Å². The number of hydrogen-bond donors (Lipinski definition) is 0. The van der Waals surface area contributed by atoms with Crippen LogP contribution in [-0.2, 0) is 0 Å². The summed E-state index contributed by atoms with van der Waals surface area (Å²) in [5.41, 5.74) is 2.10. The van der Waals surface area contributed by atoms with Gasteiger partial charge < -0.3 is 0 Å². The highest BCUT2D eigenvalue weighted by molar-refractivity contribution is 7.16. The van der Waals surface area contributed by atoms with E-state index in [2.05, 4.69) is 0 Å². The molecule has 0 saturated heterocycles. The summed E-state index contributed by atoms with van der Waals surface area (Å²) in [5, 5.41) is 0.557. The van der Waals surface area contributed by atoms with Gasteiger partial charge in [-0.05, 0) is 36.2 Å². The number of aryl methyl sites for hydroxylation is 1. The minimum Gasteiger partial charge on any atom is -0.126 e. The van der Waals surface area contributed by atoms with Gasteiger partial charge in [0.2, 0.25) is 0 Å². The molecule has 1 aromatic carbocycles. The van der Waals surface area contributed by atoms with Crippen molar-refractivity contribution in [1.29, 1.82) is 0 Å². The van der Waals surface area contributed by atoms with Crippen LogP contribution in [0.3, 0.4) is 0 Å². The minimum atomic E-state index is -0.159. The smallest absolute Gasteiger partial charge is 0.0960 e. The maximum absolute atomic E-state index is 6.38. The molecule has 2 rings (SSSR count). The lowest BCUT2D eigenvalue weighted by atomic mass is 10.1. The fourth-order valence-electron chi connectivity index (χ4n) is 1.40. The van der Waals surface area contributed by atoms with Crippen LogP contribution in [0.5, 0.6) is 0 Å². The molecule has 2 aromatic rings. The van der Waals surface area contributed by atoms with E-state index < -0.39 is 0 Å². The molecule has 0 saturated carbocycles. The monoisotopic (exact) mass is 290 g/mol. The Morgan fingerprint density at radius 2 is 1.75 bits per heavy atom. The van der Waals surface area contributed by atoms with Crippen molar-refractivity contribution in [3.05, 3.63) is 55.7 Å². The van der Waals surface area contributed by atoms with Crippen LogP contribution in [0.15, 0.2) is 30.3 Å². The molecule has 0 fully saturated rings. The predicted molar refractivity (Wildman–Crippen MR) is 73.2 cm³/mol. The van der Waals surface area contributed by atoms with E-state index in [1.807, 2.05) is 37.3 Å². The average molecular weight is 292 g/mol. The lowest BCUT2D eigenvalue weighted by Crippen LogP contribution is -1.89. The highest BCUT2D eigenvalue weighted by Gasteiger charge is 2.14. The van der Waals surface area contributed by atoms with Crippen LogP contribution >= 0.6 is 46.1 Å². The summed E-state index contributed by atoms with van der Waals surface area (Å²) in [6.07, 6.45) is 0. The standard InChI is InChI=1S/C12H9Cl3S/c1-7-6-10(16-12(7)15)11(14)8-2-4-9(13)5-3-8/h2-6,11H,1H3. The Kier molecular flexibility index (Phi) is 3.81. The van der Waals surface area contributed by atoms with E-state index >= 15 is 0 Å². The van der Waals surface area contributed by atoms with E-state index in [-0.39, 0.29) is 5.38 Å². The van der Waals surface area contributed by atoms with E-state index in [4.69, 9.17) is 34.8 Å². The first-order valence-electron chi connectivity index (χ1n) is 4.73. The van der Waals surface area contributed by atoms with Crippen molar-refractivity contribution >= 4 is 46.1 Å². The summed E-state index contributed by atoms with van der Waals surface area (Å²) in [5.74, 6) is 0. The summed E-state index contributed by atoms with van der Waals surface area (Å²) in [6.45, 7) is 1.98.